The number of benzene rings is 2. The maximum absolute atomic E-state index is 12.0. The molecule has 0 aliphatic carbocycles. The van der Waals surface area contributed by atoms with E-state index < -0.39 is 24.4 Å². The molecule has 0 aliphatic rings. The van der Waals surface area contributed by atoms with Gasteiger partial charge in [0.2, 0.25) is 5.91 Å². The first-order valence-electron chi connectivity index (χ1n) is 8.33. The molecule has 0 saturated carbocycles. The zero-order chi connectivity index (χ0) is 21.4. The van der Waals surface area contributed by atoms with Gasteiger partial charge in [0.15, 0.2) is 6.61 Å². The van der Waals surface area contributed by atoms with Gasteiger partial charge in [0.25, 0.3) is 5.91 Å². The largest absolute Gasteiger partial charge is 0.495 e. The number of hydrogen-bond donors (Lipinski definition) is 2. The molecule has 0 heterocycles. The summed E-state index contributed by atoms with van der Waals surface area (Å²) in [6.07, 6.45) is -0.358. The quantitative estimate of drug-likeness (QED) is 0.565. The standard InChI is InChI=1S/C19H17Cl3N2O5/c1-28-15-6-5-11(20)9-14(15)24-17(26)10-29-18(27)8-7-16(25)23-13-4-2-3-12(21)19(13)22/h2-6,9H,7-8,10H2,1H3,(H,23,25)(H,24,26). The summed E-state index contributed by atoms with van der Waals surface area (Å²) >= 11 is 17.7. The molecular weight excluding hydrogens is 443 g/mol. The van der Waals surface area contributed by atoms with Crippen molar-refractivity contribution in [1.82, 2.24) is 0 Å². The third-order valence-electron chi connectivity index (χ3n) is 3.58. The van der Waals surface area contributed by atoms with Crippen LogP contribution in [0.15, 0.2) is 36.4 Å². The van der Waals surface area contributed by atoms with Crippen LogP contribution in [0.25, 0.3) is 0 Å². The molecule has 2 aromatic rings. The van der Waals surface area contributed by atoms with Gasteiger partial charge in [-0.3, -0.25) is 14.4 Å². The van der Waals surface area contributed by atoms with Crippen LogP contribution in [0.1, 0.15) is 12.8 Å². The molecule has 29 heavy (non-hydrogen) atoms. The Morgan fingerprint density at radius 1 is 0.931 bits per heavy atom. The highest BCUT2D eigenvalue weighted by Crippen LogP contribution is 2.29. The average Bonchev–Trinajstić information content (AvgIpc) is 2.68. The predicted octanol–water partition coefficient (Wildman–Crippen LogP) is 4.56. The lowest BCUT2D eigenvalue weighted by atomic mass is 10.2. The van der Waals surface area contributed by atoms with Crippen LogP contribution in [0.5, 0.6) is 5.75 Å². The van der Waals surface area contributed by atoms with E-state index in [1.165, 1.54) is 13.2 Å². The first kappa shape index (κ1) is 22.8. The molecule has 0 aliphatic heterocycles. The van der Waals surface area contributed by atoms with Crippen molar-refractivity contribution < 1.29 is 23.9 Å². The van der Waals surface area contributed by atoms with Gasteiger partial charge in [-0.25, -0.2) is 0 Å². The topological polar surface area (TPSA) is 93.7 Å². The number of anilines is 2. The van der Waals surface area contributed by atoms with Gasteiger partial charge < -0.3 is 20.1 Å². The van der Waals surface area contributed by atoms with Crippen molar-refractivity contribution >= 4 is 64.0 Å². The van der Waals surface area contributed by atoms with Crippen LogP contribution in [0.3, 0.4) is 0 Å². The zero-order valence-electron chi connectivity index (χ0n) is 15.3. The van der Waals surface area contributed by atoms with Crippen molar-refractivity contribution in [3.05, 3.63) is 51.5 Å². The Morgan fingerprint density at radius 2 is 1.66 bits per heavy atom. The molecule has 10 heteroatoms. The summed E-state index contributed by atoms with van der Waals surface area (Å²) in [5, 5.41) is 6.00. The number of carbonyl (C=O) groups excluding carboxylic acids is 3. The second-order valence-corrected chi connectivity index (χ2v) is 6.92. The number of esters is 1. The van der Waals surface area contributed by atoms with Crippen molar-refractivity contribution in [2.75, 3.05) is 24.4 Å². The monoisotopic (exact) mass is 458 g/mol. The summed E-state index contributed by atoms with van der Waals surface area (Å²) < 4.78 is 9.98. The number of ether oxygens (including phenoxy) is 2. The van der Waals surface area contributed by atoms with Gasteiger partial charge in [0.1, 0.15) is 5.75 Å². The molecule has 154 valence electrons. The predicted molar refractivity (Wildman–Crippen MR) is 112 cm³/mol. The molecule has 2 aromatic carbocycles. The Balaban J connectivity index is 1.76. The van der Waals surface area contributed by atoms with Crippen LogP contribution >= 0.6 is 34.8 Å². The first-order chi connectivity index (χ1) is 13.8. The normalized spacial score (nSPS) is 10.2. The van der Waals surface area contributed by atoms with Gasteiger partial charge in [-0.2, -0.15) is 0 Å². The van der Waals surface area contributed by atoms with Crippen molar-refractivity contribution in [3.63, 3.8) is 0 Å². The molecule has 0 fully saturated rings. The minimum atomic E-state index is -0.703. The Kier molecular flexibility index (Phi) is 8.57. The number of nitrogens with one attached hydrogen (secondary N) is 2. The van der Waals surface area contributed by atoms with Crippen LogP contribution in [0.2, 0.25) is 15.1 Å². The van der Waals surface area contributed by atoms with Gasteiger partial charge in [-0.1, -0.05) is 40.9 Å². The van der Waals surface area contributed by atoms with Crippen LogP contribution in [-0.4, -0.2) is 31.5 Å². The number of hydrogen-bond acceptors (Lipinski definition) is 5. The molecule has 0 spiro atoms. The van der Waals surface area contributed by atoms with Gasteiger partial charge in [-0.15, -0.1) is 0 Å². The third-order valence-corrected chi connectivity index (χ3v) is 4.64. The lowest BCUT2D eigenvalue weighted by Gasteiger charge is -2.11. The Bertz CT molecular complexity index is 921. The van der Waals surface area contributed by atoms with Gasteiger partial charge >= 0.3 is 5.97 Å². The third kappa shape index (κ3) is 7.12. The summed E-state index contributed by atoms with van der Waals surface area (Å²) in [7, 11) is 1.44. The fraction of sp³-hybridized carbons (Fsp3) is 0.211. The molecular formula is C19H17Cl3N2O5. The van der Waals surface area contributed by atoms with E-state index in [1.54, 1.807) is 30.3 Å². The SMILES string of the molecule is COc1ccc(Cl)cc1NC(=O)COC(=O)CCC(=O)Nc1cccc(Cl)c1Cl. The Hall–Kier alpha value is -2.48. The number of halogens is 3. The van der Waals surface area contributed by atoms with Gasteiger partial charge in [0, 0.05) is 11.4 Å². The van der Waals surface area contributed by atoms with Crippen molar-refractivity contribution in [1.29, 1.82) is 0 Å². The summed E-state index contributed by atoms with van der Waals surface area (Å²) in [6, 6.07) is 9.50. The molecule has 0 saturated heterocycles. The van der Waals surface area contributed by atoms with E-state index in [1.807, 2.05) is 0 Å². The van der Waals surface area contributed by atoms with E-state index >= 15 is 0 Å². The highest BCUT2D eigenvalue weighted by Gasteiger charge is 2.14. The highest BCUT2D eigenvalue weighted by atomic mass is 35.5. The van der Waals surface area contributed by atoms with Crippen molar-refractivity contribution in [2.24, 2.45) is 0 Å². The van der Waals surface area contributed by atoms with E-state index in [2.05, 4.69) is 10.6 Å². The molecule has 2 amide bonds. The minimum Gasteiger partial charge on any atom is -0.495 e. The molecule has 0 unspecified atom stereocenters. The maximum atomic E-state index is 12.0. The van der Waals surface area contributed by atoms with Crippen molar-refractivity contribution in [3.8, 4) is 5.75 Å². The van der Waals surface area contributed by atoms with Crippen molar-refractivity contribution in [2.45, 2.75) is 12.8 Å². The number of amides is 2. The molecule has 0 atom stereocenters. The van der Waals surface area contributed by atoms with E-state index in [9.17, 15) is 14.4 Å². The zero-order valence-corrected chi connectivity index (χ0v) is 17.5. The van der Waals surface area contributed by atoms with E-state index in [0.29, 0.717) is 27.2 Å². The second kappa shape index (κ2) is 10.9. The molecule has 2 N–H and O–H groups in total. The van der Waals surface area contributed by atoms with Crippen LogP contribution in [0.4, 0.5) is 11.4 Å². The molecule has 0 radical (unpaired) electrons. The van der Waals surface area contributed by atoms with Gasteiger partial charge in [-0.05, 0) is 30.3 Å². The fourth-order valence-corrected chi connectivity index (χ4v) is 2.73. The van der Waals surface area contributed by atoms with Crippen LogP contribution in [0, 0.1) is 0 Å². The summed E-state index contributed by atoms with van der Waals surface area (Å²) in [6.45, 7) is -0.518. The van der Waals surface area contributed by atoms with E-state index in [4.69, 9.17) is 44.3 Å². The Morgan fingerprint density at radius 3 is 2.38 bits per heavy atom. The van der Waals surface area contributed by atoms with Gasteiger partial charge in [0.05, 0.1) is 35.0 Å². The minimum absolute atomic E-state index is 0.147. The second-order valence-electron chi connectivity index (χ2n) is 5.70. The van der Waals surface area contributed by atoms with E-state index in [0.717, 1.165) is 0 Å². The average molecular weight is 460 g/mol. The summed E-state index contributed by atoms with van der Waals surface area (Å²) in [5.41, 5.74) is 0.686. The highest BCUT2D eigenvalue weighted by molar-refractivity contribution is 6.44. The van der Waals surface area contributed by atoms with E-state index in [-0.39, 0.29) is 17.9 Å². The Labute approximate surface area is 182 Å². The number of methoxy groups -OCH3 is 1. The number of rotatable bonds is 8. The molecule has 0 bridgehead atoms. The number of carbonyl (C=O) groups is 3. The fourth-order valence-electron chi connectivity index (χ4n) is 2.21. The molecule has 2 rings (SSSR count). The smallest absolute Gasteiger partial charge is 0.306 e. The molecule has 0 aromatic heterocycles. The lowest BCUT2D eigenvalue weighted by Crippen LogP contribution is -2.22. The van der Waals surface area contributed by atoms with Crippen LogP contribution in [-0.2, 0) is 19.1 Å². The summed E-state index contributed by atoms with van der Waals surface area (Å²) in [5.74, 6) is -1.32. The summed E-state index contributed by atoms with van der Waals surface area (Å²) in [4.78, 5) is 35.7. The molecule has 7 nitrogen and oxygen atoms in total. The lowest BCUT2D eigenvalue weighted by molar-refractivity contribution is -0.147. The van der Waals surface area contributed by atoms with Crippen LogP contribution < -0.4 is 15.4 Å². The first-order valence-corrected chi connectivity index (χ1v) is 9.46. The maximum Gasteiger partial charge on any atom is 0.306 e.